The van der Waals surface area contributed by atoms with E-state index >= 15 is 0 Å². The van der Waals surface area contributed by atoms with Gasteiger partial charge in [-0.25, -0.2) is 20.4 Å². The zero-order chi connectivity index (χ0) is 36.4. The van der Waals surface area contributed by atoms with E-state index in [9.17, 15) is 19.2 Å². The second kappa shape index (κ2) is 21.9. The third kappa shape index (κ3) is 14.3. The molecule has 19 heteroatoms. The van der Waals surface area contributed by atoms with Crippen molar-refractivity contribution < 1.29 is 34.1 Å². The van der Waals surface area contributed by atoms with Crippen LogP contribution in [0, 0.1) is 0 Å². The topological polar surface area (TPSA) is 246 Å². The van der Waals surface area contributed by atoms with Crippen molar-refractivity contribution in [3.63, 3.8) is 0 Å². The van der Waals surface area contributed by atoms with Gasteiger partial charge in [-0.3, -0.25) is 19.4 Å². The second-order valence-corrected chi connectivity index (χ2v) is 12.3. The Morgan fingerprint density at radius 2 is 1.02 bits per heavy atom. The number of carbonyl (C=O) groups is 4. The number of nitrogens with one attached hydrogen (secondary N) is 8. The van der Waals surface area contributed by atoms with Crippen LogP contribution in [-0.4, -0.2) is 143 Å². The molecule has 2 saturated heterocycles. The number of ether oxygens (including phenoxy) is 2. The highest BCUT2D eigenvalue weighted by Crippen LogP contribution is 2.19. The third-order valence-corrected chi connectivity index (χ3v) is 8.49. The average molecular weight is 739 g/mol. The van der Waals surface area contributed by atoms with Crippen LogP contribution in [0.25, 0.3) is 0 Å². The van der Waals surface area contributed by atoms with Crippen LogP contribution in [0.5, 0.6) is 11.5 Å². The Morgan fingerprint density at radius 1 is 0.642 bits per heavy atom. The molecule has 6 rings (SSSR count). The van der Waals surface area contributed by atoms with Gasteiger partial charge in [-0.2, -0.15) is 10.2 Å². The van der Waals surface area contributed by atoms with Gasteiger partial charge >= 0.3 is 12.1 Å². The normalized spacial score (nSPS) is 19.8. The van der Waals surface area contributed by atoms with Gasteiger partial charge in [0.05, 0.1) is 24.5 Å². The van der Waals surface area contributed by atoms with Crippen LogP contribution in [0.4, 0.5) is 9.59 Å². The van der Waals surface area contributed by atoms with Crippen molar-refractivity contribution in [3.8, 4) is 11.5 Å². The first-order chi connectivity index (χ1) is 25.4. The summed E-state index contributed by atoms with van der Waals surface area (Å²) in [7, 11) is 0. The lowest BCUT2D eigenvalue weighted by Gasteiger charge is -2.27. The fraction of sp³-hybridized carbons (Fsp3) is 0.471. The van der Waals surface area contributed by atoms with Crippen molar-refractivity contribution in [3.05, 3.63) is 59.7 Å². The number of hydrazone groups is 2. The number of benzene rings is 2. The molecule has 2 fully saturated rings. The Hall–Kier alpha value is -5.34. The van der Waals surface area contributed by atoms with E-state index in [0.717, 1.165) is 76.6 Å². The number of amides is 6. The first kappa shape index (κ1) is 40.4. The average Bonchev–Trinajstić information content (AvgIpc) is 3.18. The number of hydrogen-bond acceptors (Lipinski definition) is 12. The van der Waals surface area contributed by atoms with Gasteiger partial charge in [0.1, 0.15) is 11.5 Å². The summed E-state index contributed by atoms with van der Waals surface area (Å²) in [6, 6.07) is 13.2. The molecule has 0 saturated carbocycles. The smallest absolute Gasteiger partial charge is 0.335 e. The molecule has 0 bridgehead atoms. The van der Waals surface area contributed by atoms with Gasteiger partial charge in [0, 0.05) is 78.5 Å². The molecule has 0 radical (unpaired) electrons. The lowest BCUT2D eigenvalue weighted by molar-refractivity contribution is -0.123. The molecular formula is C34H50N12O7. The fourth-order valence-electron chi connectivity index (χ4n) is 5.62. The molecule has 288 valence electrons. The molecule has 0 spiro atoms. The first-order valence-corrected chi connectivity index (χ1v) is 17.5. The Morgan fingerprint density at radius 3 is 1.38 bits per heavy atom. The van der Waals surface area contributed by atoms with E-state index in [1.54, 1.807) is 36.7 Å². The van der Waals surface area contributed by atoms with Crippen molar-refractivity contribution in [1.29, 1.82) is 0 Å². The van der Waals surface area contributed by atoms with Gasteiger partial charge in [0.25, 0.3) is 11.8 Å². The lowest BCUT2D eigenvalue weighted by atomic mass is 10.1. The van der Waals surface area contributed by atoms with Gasteiger partial charge < -0.3 is 46.9 Å². The van der Waals surface area contributed by atoms with Crippen molar-refractivity contribution in [2.75, 3.05) is 91.8 Å². The predicted octanol–water partition coefficient (Wildman–Crippen LogP) is -1.97. The highest BCUT2D eigenvalue weighted by Gasteiger charge is 2.17. The Kier molecular flexibility index (Phi) is 16.7. The fourth-order valence-corrected chi connectivity index (χ4v) is 5.62. The van der Waals surface area contributed by atoms with Crippen molar-refractivity contribution >= 4 is 36.3 Å². The molecule has 2 unspecified atom stereocenters. The summed E-state index contributed by atoms with van der Waals surface area (Å²) in [4.78, 5) is 50.9. The van der Waals surface area contributed by atoms with Crippen LogP contribution in [0.2, 0.25) is 0 Å². The monoisotopic (exact) mass is 738 g/mol. The summed E-state index contributed by atoms with van der Waals surface area (Å²) in [6.07, 6.45) is 3.23. The van der Waals surface area contributed by atoms with Gasteiger partial charge in [-0.15, -0.1) is 0 Å². The van der Waals surface area contributed by atoms with Crippen LogP contribution in [0.1, 0.15) is 23.2 Å². The number of rotatable bonds is 14. The maximum absolute atomic E-state index is 11.9. The van der Waals surface area contributed by atoms with Crippen LogP contribution in [-0.2, 0) is 9.59 Å². The minimum atomic E-state index is -0.338. The summed E-state index contributed by atoms with van der Waals surface area (Å²) >= 11 is 0. The highest BCUT2D eigenvalue weighted by molar-refractivity contribution is 5.84. The van der Waals surface area contributed by atoms with E-state index in [0.29, 0.717) is 24.6 Å². The molecule has 2 aromatic rings. The molecule has 19 nitrogen and oxygen atoms in total. The van der Waals surface area contributed by atoms with E-state index in [4.69, 9.17) is 9.47 Å². The highest BCUT2D eigenvalue weighted by atomic mass is 16.5. The summed E-state index contributed by atoms with van der Waals surface area (Å²) in [5, 5.41) is 25.4. The Labute approximate surface area is 308 Å². The minimum absolute atomic E-state index is 0. The van der Waals surface area contributed by atoms with Crippen molar-refractivity contribution in [2.24, 2.45) is 10.2 Å². The summed E-state index contributed by atoms with van der Waals surface area (Å²) in [5.74, 6) is 0.926. The summed E-state index contributed by atoms with van der Waals surface area (Å²) < 4.78 is 11.0. The maximum atomic E-state index is 11.9. The molecule has 2 aromatic carbocycles. The largest absolute Gasteiger partial charge is 0.484 e. The molecule has 0 aliphatic carbocycles. The summed E-state index contributed by atoms with van der Waals surface area (Å²) in [5.41, 5.74) is 6.39. The van der Waals surface area contributed by atoms with Crippen LogP contribution < -0.4 is 52.2 Å². The van der Waals surface area contributed by atoms with E-state index in [1.807, 2.05) is 24.3 Å². The maximum Gasteiger partial charge on any atom is 0.335 e. The summed E-state index contributed by atoms with van der Waals surface area (Å²) in [6.45, 7) is 11.0. The number of piperazine rings is 2. The third-order valence-electron chi connectivity index (χ3n) is 8.49. The van der Waals surface area contributed by atoms with Crippen LogP contribution in [0.3, 0.4) is 0 Å². The van der Waals surface area contributed by atoms with E-state index in [-0.39, 0.29) is 54.7 Å². The Bertz CT molecular complexity index is 1400. The zero-order valence-corrected chi connectivity index (χ0v) is 29.6. The van der Waals surface area contributed by atoms with Crippen molar-refractivity contribution in [1.82, 2.24) is 52.6 Å². The van der Waals surface area contributed by atoms with Gasteiger partial charge in [-0.1, -0.05) is 24.3 Å². The number of hydrogen-bond donors (Lipinski definition) is 8. The minimum Gasteiger partial charge on any atom is -0.484 e. The zero-order valence-electron chi connectivity index (χ0n) is 29.6. The van der Waals surface area contributed by atoms with Gasteiger partial charge in [0.2, 0.25) is 0 Å². The van der Waals surface area contributed by atoms with E-state index in [1.165, 1.54) is 0 Å². The molecule has 10 N–H and O–H groups in total. The molecule has 2 atom stereocenters. The molecule has 53 heavy (non-hydrogen) atoms. The molecule has 4 heterocycles. The number of nitrogens with zero attached hydrogens (tertiary/aromatic N) is 4. The standard InChI is InChI=1S/2C17H24N6O3.H2O/c2*24-16(19-7-10-23-8-5-18-6-9-23)12-26-14-3-1-13(2-4-14)15-11-20-22-17(25)21-15;/h2*1-4,11,15,18H,5-10,12H2,(H,19,24)(H2,21,22,25);1H2. The molecule has 6 amide bonds. The van der Waals surface area contributed by atoms with Crippen LogP contribution >= 0.6 is 0 Å². The quantitative estimate of drug-likeness (QED) is 0.106. The van der Waals surface area contributed by atoms with Gasteiger partial charge in [-0.05, 0) is 35.4 Å². The SMILES string of the molecule is O.O=C(COc1ccc(C2C=NNC(=O)N2)cc1)NCCN1CCNCC1.O=C(COc1ccc(C2C=NNC(=O)N2)cc1)NCCN1CCNCC1. The molecule has 4 aliphatic heterocycles. The number of urea groups is 2. The molecule has 4 aliphatic rings. The second-order valence-electron chi connectivity index (χ2n) is 12.3. The van der Waals surface area contributed by atoms with E-state index < -0.39 is 0 Å². The Balaban J connectivity index is 0.000000232. The molecule has 0 aromatic heterocycles. The molecular weight excluding hydrogens is 688 g/mol. The predicted molar refractivity (Wildman–Crippen MR) is 198 cm³/mol. The van der Waals surface area contributed by atoms with Crippen molar-refractivity contribution in [2.45, 2.75) is 12.1 Å². The van der Waals surface area contributed by atoms with Gasteiger partial charge in [0.15, 0.2) is 13.2 Å². The lowest BCUT2D eigenvalue weighted by Crippen LogP contribution is -2.46. The van der Waals surface area contributed by atoms with E-state index in [2.05, 4.69) is 62.8 Å². The van der Waals surface area contributed by atoms with Crippen LogP contribution in [0.15, 0.2) is 58.7 Å². The number of carbonyl (C=O) groups excluding carboxylic acids is 4. The first-order valence-electron chi connectivity index (χ1n) is 17.5.